The summed E-state index contributed by atoms with van der Waals surface area (Å²) < 4.78 is -0.233. The van der Waals surface area contributed by atoms with Crippen molar-refractivity contribution in [1.82, 2.24) is 0 Å². The molecule has 0 saturated carbocycles. The van der Waals surface area contributed by atoms with E-state index in [-0.39, 0.29) is 3.67 Å². The van der Waals surface area contributed by atoms with Crippen LogP contribution in [0.25, 0.3) is 0 Å². The van der Waals surface area contributed by atoms with Crippen LogP contribution >= 0.6 is 34.4 Å². The monoisotopic (exact) mass is 240 g/mol. The van der Waals surface area contributed by atoms with Crippen molar-refractivity contribution in [2.45, 2.75) is 10.6 Å². The number of rotatable bonds is 0. The van der Waals surface area contributed by atoms with Crippen LogP contribution in [0.1, 0.15) is 6.92 Å². The van der Waals surface area contributed by atoms with Crippen LogP contribution in [0, 0.1) is 0 Å². The normalized spacial score (nSPS) is 23.8. The van der Waals surface area contributed by atoms with Crippen LogP contribution in [-0.4, -0.2) is 14.8 Å². The second-order valence-corrected chi connectivity index (χ2v) is 4.25. The van der Waals surface area contributed by atoms with Gasteiger partial charge in [-0.05, 0) is 29.5 Å². The summed E-state index contributed by atoms with van der Waals surface area (Å²) in [7, 11) is 0. The molecule has 0 saturated heterocycles. The van der Waals surface area contributed by atoms with Crippen molar-refractivity contribution >= 4 is 45.4 Å². The number of nitrogens with zero attached hydrogens (tertiary/aromatic N) is 2. The Morgan fingerprint density at radius 1 is 1.50 bits per heavy atom. The Kier molecular flexibility index (Phi) is 1.92. The maximum atomic E-state index is 4.09. The van der Waals surface area contributed by atoms with E-state index >= 15 is 0 Å². The molecule has 1 aliphatic rings. The lowest BCUT2D eigenvalue weighted by Gasteiger charge is -2.12. The second kappa shape index (κ2) is 2.34. The highest BCUT2D eigenvalue weighted by molar-refractivity contribution is 14.1. The summed E-state index contributed by atoms with van der Waals surface area (Å²) in [5.74, 6) is 0. The lowest BCUT2D eigenvalue weighted by atomic mass is 10.6. The van der Waals surface area contributed by atoms with Gasteiger partial charge in [0.1, 0.15) is 0 Å². The summed E-state index contributed by atoms with van der Waals surface area (Å²) >= 11 is 3.69. The number of hydrogen-bond donors (Lipinski definition) is 0. The standard InChI is InChI=1S/C4H5IN2S/c1-4(5)6-2-8-3-7-4/h2-3H,1H3. The summed E-state index contributed by atoms with van der Waals surface area (Å²) in [6, 6.07) is 0. The first-order chi connectivity index (χ1) is 3.71. The van der Waals surface area contributed by atoms with Crippen LogP contribution in [0.4, 0.5) is 0 Å². The van der Waals surface area contributed by atoms with Crippen LogP contribution in [-0.2, 0) is 0 Å². The molecule has 0 bridgehead atoms. The minimum absolute atomic E-state index is 0.233. The Hall–Kier alpha value is 0.420. The third-order valence-electron chi connectivity index (χ3n) is 0.698. The third kappa shape index (κ3) is 1.74. The third-order valence-corrected chi connectivity index (χ3v) is 1.71. The van der Waals surface area contributed by atoms with Crippen LogP contribution in [0.3, 0.4) is 0 Å². The van der Waals surface area contributed by atoms with E-state index in [1.54, 1.807) is 11.1 Å². The molecule has 0 spiro atoms. The second-order valence-electron chi connectivity index (χ2n) is 1.51. The van der Waals surface area contributed by atoms with Crippen LogP contribution < -0.4 is 0 Å². The van der Waals surface area contributed by atoms with E-state index in [2.05, 4.69) is 32.6 Å². The average molecular weight is 240 g/mol. The van der Waals surface area contributed by atoms with Gasteiger partial charge in [0.15, 0.2) is 3.67 Å². The Bertz CT molecular complexity index is 127. The summed E-state index contributed by atoms with van der Waals surface area (Å²) in [6.45, 7) is 1.96. The van der Waals surface area contributed by atoms with Gasteiger partial charge in [-0.1, -0.05) is 11.8 Å². The van der Waals surface area contributed by atoms with Gasteiger partial charge in [-0.3, -0.25) is 0 Å². The highest BCUT2D eigenvalue weighted by Gasteiger charge is 2.15. The zero-order chi connectivity index (χ0) is 6.04. The molecule has 0 aromatic carbocycles. The van der Waals surface area contributed by atoms with Gasteiger partial charge < -0.3 is 0 Å². The predicted molar refractivity (Wildman–Crippen MR) is 47.0 cm³/mol. The first-order valence-corrected chi connectivity index (χ1v) is 4.15. The molecule has 1 aliphatic heterocycles. The van der Waals surface area contributed by atoms with Crippen molar-refractivity contribution in [2.75, 3.05) is 0 Å². The molecule has 4 heteroatoms. The lowest BCUT2D eigenvalue weighted by molar-refractivity contribution is 0.772. The van der Waals surface area contributed by atoms with E-state index in [1.807, 2.05) is 6.92 Å². The molecule has 0 amide bonds. The first-order valence-electron chi connectivity index (χ1n) is 2.12. The summed E-state index contributed by atoms with van der Waals surface area (Å²) in [6.07, 6.45) is 0. The number of thioether (sulfide) groups is 1. The summed E-state index contributed by atoms with van der Waals surface area (Å²) in [5, 5.41) is 0. The van der Waals surface area contributed by atoms with Gasteiger partial charge in [-0.25, -0.2) is 9.98 Å². The smallest absolute Gasteiger partial charge is 0.199 e. The Morgan fingerprint density at radius 3 is 2.25 bits per heavy atom. The molecule has 8 heavy (non-hydrogen) atoms. The highest BCUT2D eigenvalue weighted by atomic mass is 127. The predicted octanol–water partition coefficient (Wildman–Crippen LogP) is 1.90. The molecule has 2 nitrogen and oxygen atoms in total. The molecule has 0 atom stereocenters. The maximum absolute atomic E-state index is 4.09. The number of aliphatic imine (C=N–C) groups is 2. The zero-order valence-electron chi connectivity index (χ0n) is 4.34. The molecule has 0 aliphatic carbocycles. The molecule has 0 aromatic heterocycles. The van der Waals surface area contributed by atoms with E-state index in [1.165, 1.54) is 11.8 Å². The largest absolute Gasteiger partial charge is 0.247 e. The first kappa shape index (κ1) is 6.54. The van der Waals surface area contributed by atoms with Crippen molar-refractivity contribution in [1.29, 1.82) is 0 Å². The Balaban J connectivity index is 2.69. The Morgan fingerprint density at radius 2 is 2.00 bits per heavy atom. The molecular weight excluding hydrogens is 235 g/mol. The van der Waals surface area contributed by atoms with Gasteiger partial charge in [0.2, 0.25) is 0 Å². The number of alkyl halides is 1. The van der Waals surface area contributed by atoms with Crippen LogP contribution in [0.5, 0.6) is 0 Å². The molecule has 1 heterocycles. The quantitative estimate of drug-likeness (QED) is 0.360. The van der Waals surface area contributed by atoms with Crippen LogP contribution in [0.15, 0.2) is 9.98 Å². The van der Waals surface area contributed by atoms with Crippen molar-refractivity contribution in [2.24, 2.45) is 9.98 Å². The molecular formula is C4H5IN2S. The van der Waals surface area contributed by atoms with Gasteiger partial charge in [-0.15, -0.1) is 0 Å². The molecule has 0 N–H and O–H groups in total. The highest BCUT2D eigenvalue weighted by Crippen LogP contribution is 2.24. The van der Waals surface area contributed by atoms with Crippen molar-refractivity contribution in [3.05, 3.63) is 0 Å². The molecule has 0 radical (unpaired) electrons. The van der Waals surface area contributed by atoms with E-state index in [4.69, 9.17) is 0 Å². The average Bonchev–Trinajstić information content (AvgIpc) is 1.65. The van der Waals surface area contributed by atoms with Crippen molar-refractivity contribution in [3.8, 4) is 0 Å². The number of halogens is 1. The zero-order valence-corrected chi connectivity index (χ0v) is 7.31. The fraction of sp³-hybridized carbons (Fsp3) is 0.500. The van der Waals surface area contributed by atoms with Crippen molar-refractivity contribution in [3.63, 3.8) is 0 Å². The molecule has 0 unspecified atom stereocenters. The van der Waals surface area contributed by atoms with E-state index in [0.29, 0.717) is 0 Å². The van der Waals surface area contributed by atoms with Gasteiger partial charge >= 0.3 is 0 Å². The fourth-order valence-electron chi connectivity index (χ4n) is 0.314. The lowest BCUT2D eigenvalue weighted by Crippen LogP contribution is -2.09. The van der Waals surface area contributed by atoms with Gasteiger partial charge in [0, 0.05) is 0 Å². The maximum Gasteiger partial charge on any atom is 0.199 e. The SMILES string of the molecule is CC1(I)N=CSC=N1. The van der Waals surface area contributed by atoms with Crippen LogP contribution in [0.2, 0.25) is 0 Å². The van der Waals surface area contributed by atoms with Gasteiger partial charge in [0.25, 0.3) is 0 Å². The topological polar surface area (TPSA) is 24.7 Å². The molecule has 44 valence electrons. The molecule has 0 fully saturated rings. The van der Waals surface area contributed by atoms with E-state index < -0.39 is 0 Å². The van der Waals surface area contributed by atoms with Gasteiger partial charge in [-0.2, -0.15) is 0 Å². The van der Waals surface area contributed by atoms with E-state index in [9.17, 15) is 0 Å². The van der Waals surface area contributed by atoms with Crippen molar-refractivity contribution < 1.29 is 0 Å². The van der Waals surface area contributed by atoms with Gasteiger partial charge in [0.05, 0.1) is 11.1 Å². The minimum Gasteiger partial charge on any atom is -0.247 e. The molecule has 0 aromatic rings. The minimum atomic E-state index is -0.233. The summed E-state index contributed by atoms with van der Waals surface area (Å²) in [5.41, 5.74) is 3.61. The van der Waals surface area contributed by atoms with E-state index in [0.717, 1.165) is 0 Å². The number of hydrogen-bond acceptors (Lipinski definition) is 3. The fourth-order valence-corrected chi connectivity index (χ4v) is 1.56. The summed E-state index contributed by atoms with van der Waals surface area (Å²) in [4.78, 5) is 8.18. The Labute approximate surface area is 66.0 Å². The molecule has 1 rings (SSSR count).